The molecule has 0 radical (unpaired) electrons. The Kier molecular flexibility index (Phi) is 5.87. The van der Waals surface area contributed by atoms with Gasteiger partial charge in [0.15, 0.2) is 0 Å². The SMILES string of the molecule is CC(C)(CO)[C@H](N)c1ccc(F)c(Br)c1O.Cl. The van der Waals surface area contributed by atoms with E-state index < -0.39 is 17.3 Å². The fourth-order valence-electron chi connectivity index (χ4n) is 1.33. The fourth-order valence-corrected chi connectivity index (χ4v) is 1.69. The maximum absolute atomic E-state index is 13.1. The first-order valence-corrected chi connectivity index (χ1v) is 5.64. The summed E-state index contributed by atoms with van der Waals surface area (Å²) in [6.45, 7) is 3.42. The molecule has 98 valence electrons. The molecule has 0 unspecified atom stereocenters. The molecule has 17 heavy (non-hydrogen) atoms. The lowest BCUT2D eigenvalue weighted by atomic mass is 9.81. The summed E-state index contributed by atoms with van der Waals surface area (Å²) < 4.78 is 13.1. The predicted molar refractivity (Wildman–Crippen MR) is 70.8 cm³/mol. The normalized spacial score (nSPS) is 13.1. The van der Waals surface area contributed by atoms with Crippen LogP contribution in [-0.4, -0.2) is 16.8 Å². The monoisotopic (exact) mass is 327 g/mol. The minimum Gasteiger partial charge on any atom is -0.506 e. The Morgan fingerprint density at radius 2 is 2.00 bits per heavy atom. The largest absolute Gasteiger partial charge is 0.506 e. The lowest BCUT2D eigenvalue weighted by molar-refractivity contribution is 0.131. The summed E-state index contributed by atoms with van der Waals surface area (Å²) in [4.78, 5) is 0. The summed E-state index contributed by atoms with van der Waals surface area (Å²) in [5.74, 6) is -0.760. The predicted octanol–water partition coefficient (Wildman–Crippen LogP) is 2.73. The van der Waals surface area contributed by atoms with Gasteiger partial charge in [0.2, 0.25) is 0 Å². The molecule has 3 nitrogen and oxygen atoms in total. The minimum absolute atomic E-state index is 0. The lowest BCUT2D eigenvalue weighted by Crippen LogP contribution is -2.32. The topological polar surface area (TPSA) is 66.5 Å². The first-order valence-electron chi connectivity index (χ1n) is 4.84. The molecule has 1 aromatic carbocycles. The van der Waals surface area contributed by atoms with Crippen molar-refractivity contribution >= 4 is 28.3 Å². The Morgan fingerprint density at radius 3 is 2.47 bits per heavy atom. The molecule has 0 saturated carbocycles. The number of halogens is 3. The minimum atomic E-state index is -0.589. The van der Waals surface area contributed by atoms with Crippen LogP contribution in [0, 0.1) is 11.2 Å². The van der Waals surface area contributed by atoms with Crippen LogP contribution in [0.15, 0.2) is 16.6 Å². The van der Waals surface area contributed by atoms with Gasteiger partial charge in [-0.15, -0.1) is 12.4 Å². The van der Waals surface area contributed by atoms with Crippen LogP contribution in [0.5, 0.6) is 5.75 Å². The van der Waals surface area contributed by atoms with Gasteiger partial charge in [-0.2, -0.15) is 0 Å². The molecular weight excluding hydrogens is 312 g/mol. The molecule has 1 aromatic rings. The third-order valence-corrected chi connectivity index (χ3v) is 3.44. The van der Waals surface area contributed by atoms with Crippen LogP contribution in [0.2, 0.25) is 0 Å². The van der Waals surface area contributed by atoms with E-state index in [9.17, 15) is 14.6 Å². The number of benzene rings is 1. The highest BCUT2D eigenvalue weighted by molar-refractivity contribution is 9.10. The summed E-state index contributed by atoms with van der Waals surface area (Å²) in [7, 11) is 0. The van der Waals surface area contributed by atoms with E-state index >= 15 is 0 Å². The maximum atomic E-state index is 13.1. The van der Waals surface area contributed by atoms with Gasteiger partial charge >= 0.3 is 0 Å². The zero-order valence-corrected chi connectivity index (χ0v) is 12.0. The smallest absolute Gasteiger partial charge is 0.141 e. The number of aliphatic hydroxyl groups excluding tert-OH is 1. The summed E-state index contributed by atoms with van der Waals surface area (Å²) in [5.41, 5.74) is 5.76. The second kappa shape index (κ2) is 6.00. The molecule has 0 bridgehead atoms. The Hall–Kier alpha value is -0.360. The van der Waals surface area contributed by atoms with E-state index in [2.05, 4.69) is 15.9 Å². The molecule has 0 heterocycles. The zero-order chi connectivity index (χ0) is 12.5. The van der Waals surface area contributed by atoms with Gasteiger partial charge < -0.3 is 15.9 Å². The molecule has 6 heteroatoms. The van der Waals surface area contributed by atoms with Crippen LogP contribution in [0.4, 0.5) is 4.39 Å². The van der Waals surface area contributed by atoms with Crippen LogP contribution < -0.4 is 5.73 Å². The quantitative estimate of drug-likeness (QED) is 0.799. The van der Waals surface area contributed by atoms with E-state index in [0.29, 0.717) is 5.56 Å². The van der Waals surface area contributed by atoms with Crippen LogP contribution in [0.3, 0.4) is 0 Å². The first kappa shape index (κ1) is 16.6. The van der Waals surface area contributed by atoms with Crippen molar-refractivity contribution in [3.63, 3.8) is 0 Å². The van der Waals surface area contributed by atoms with Crippen molar-refractivity contribution in [3.8, 4) is 5.75 Å². The number of aromatic hydroxyl groups is 1. The molecule has 0 spiro atoms. The van der Waals surface area contributed by atoms with Crippen LogP contribution in [0.1, 0.15) is 25.5 Å². The second-order valence-corrected chi connectivity index (χ2v) is 5.22. The maximum Gasteiger partial charge on any atom is 0.141 e. The van der Waals surface area contributed by atoms with Crippen molar-refractivity contribution in [2.24, 2.45) is 11.1 Å². The molecule has 1 rings (SSSR count). The molecule has 4 N–H and O–H groups in total. The molecule has 0 saturated heterocycles. The fraction of sp³-hybridized carbons (Fsp3) is 0.455. The van der Waals surface area contributed by atoms with Crippen LogP contribution >= 0.6 is 28.3 Å². The zero-order valence-electron chi connectivity index (χ0n) is 9.58. The number of rotatable bonds is 3. The number of hydrogen-bond acceptors (Lipinski definition) is 3. The molecule has 0 aliphatic rings. The van der Waals surface area contributed by atoms with Crippen molar-refractivity contribution in [2.75, 3.05) is 6.61 Å². The number of hydrogen-bond donors (Lipinski definition) is 3. The van der Waals surface area contributed by atoms with Gasteiger partial charge in [0, 0.05) is 23.6 Å². The van der Waals surface area contributed by atoms with Crippen LogP contribution in [0.25, 0.3) is 0 Å². The molecule has 0 aromatic heterocycles. The van der Waals surface area contributed by atoms with Gasteiger partial charge in [-0.3, -0.25) is 0 Å². The standard InChI is InChI=1S/C11H15BrFNO2.ClH/c1-11(2,5-15)10(14)6-3-4-7(13)8(12)9(6)16;/h3-4,10,15-16H,5,14H2,1-2H3;1H/t10-;/m1./s1. The molecule has 0 aliphatic heterocycles. The Labute approximate surface area is 114 Å². The van der Waals surface area contributed by atoms with Gasteiger partial charge in [0.1, 0.15) is 11.6 Å². The van der Waals surface area contributed by atoms with E-state index in [4.69, 9.17) is 5.73 Å². The molecule has 1 atom stereocenters. The van der Waals surface area contributed by atoms with Gasteiger partial charge in [-0.25, -0.2) is 4.39 Å². The van der Waals surface area contributed by atoms with E-state index in [1.54, 1.807) is 13.8 Å². The van der Waals surface area contributed by atoms with Gasteiger partial charge in [0.25, 0.3) is 0 Å². The molecule has 0 aliphatic carbocycles. The first-order chi connectivity index (χ1) is 7.31. The summed E-state index contributed by atoms with van der Waals surface area (Å²) in [5, 5.41) is 19.0. The average molecular weight is 329 g/mol. The Balaban J connectivity index is 0.00000256. The summed E-state index contributed by atoms with van der Waals surface area (Å²) in [6, 6.07) is 2.08. The average Bonchev–Trinajstić information content (AvgIpc) is 2.25. The van der Waals surface area contributed by atoms with E-state index in [1.165, 1.54) is 12.1 Å². The van der Waals surface area contributed by atoms with E-state index in [0.717, 1.165) is 0 Å². The van der Waals surface area contributed by atoms with Gasteiger partial charge in [-0.1, -0.05) is 19.9 Å². The molecular formula is C11H16BrClFNO2. The van der Waals surface area contributed by atoms with Crippen molar-refractivity contribution < 1.29 is 14.6 Å². The Bertz CT molecular complexity index is 401. The summed E-state index contributed by atoms with van der Waals surface area (Å²) in [6.07, 6.45) is 0. The molecule has 0 fully saturated rings. The van der Waals surface area contributed by atoms with Gasteiger partial charge in [-0.05, 0) is 22.0 Å². The highest BCUT2D eigenvalue weighted by Gasteiger charge is 2.29. The third kappa shape index (κ3) is 3.31. The van der Waals surface area contributed by atoms with Crippen molar-refractivity contribution in [1.82, 2.24) is 0 Å². The summed E-state index contributed by atoms with van der Waals surface area (Å²) >= 11 is 2.94. The van der Waals surface area contributed by atoms with Crippen molar-refractivity contribution in [3.05, 3.63) is 28.0 Å². The number of phenolic OH excluding ortho intramolecular Hbond substituents is 1. The van der Waals surface area contributed by atoms with E-state index in [-0.39, 0.29) is 29.2 Å². The second-order valence-electron chi connectivity index (χ2n) is 4.42. The van der Waals surface area contributed by atoms with Crippen molar-refractivity contribution in [1.29, 1.82) is 0 Å². The van der Waals surface area contributed by atoms with Crippen LogP contribution in [-0.2, 0) is 0 Å². The number of aliphatic hydroxyl groups is 1. The molecule has 0 amide bonds. The number of nitrogens with two attached hydrogens (primary N) is 1. The lowest BCUT2D eigenvalue weighted by Gasteiger charge is -2.30. The highest BCUT2D eigenvalue weighted by Crippen LogP contribution is 2.39. The van der Waals surface area contributed by atoms with E-state index in [1.807, 2.05) is 0 Å². The van der Waals surface area contributed by atoms with Crippen molar-refractivity contribution in [2.45, 2.75) is 19.9 Å². The van der Waals surface area contributed by atoms with Gasteiger partial charge in [0.05, 0.1) is 4.47 Å². The Morgan fingerprint density at radius 1 is 1.47 bits per heavy atom. The highest BCUT2D eigenvalue weighted by atomic mass is 79.9. The number of phenols is 1. The third-order valence-electron chi connectivity index (χ3n) is 2.68.